The Morgan fingerprint density at radius 3 is 2.32 bits per heavy atom. The average molecular weight is 586 g/mol. The molecule has 0 radical (unpaired) electrons. The number of sulfonamides is 1. The normalized spacial score (nSPS) is 12.8. The highest BCUT2D eigenvalue weighted by Gasteiger charge is 2.31. The zero-order chi connectivity index (χ0) is 28.6. The van der Waals surface area contributed by atoms with Gasteiger partial charge >= 0.3 is 0 Å². The van der Waals surface area contributed by atoms with Crippen molar-refractivity contribution in [3.63, 3.8) is 0 Å². The molecule has 2 heterocycles. The summed E-state index contributed by atoms with van der Waals surface area (Å²) in [7, 11) is -0.618. The van der Waals surface area contributed by atoms with Crippen molar-refractivity contribution in [2.45, 2.75) is 17.9 Å². The summed E-state index contributed by atoms with van der Waals surface area (Å²) < 4.78 is 40.2. The molecule has 4 aromatic carbocycles. The third-order valence-corrected chi connectivity index (χ3v) is 10.0. The molecule has 0 aliphatic carbocycles. The number of hydrogen-bond donors (Lipinski definition) is 0. The van der Waals surface area contributed by atoms with Crippen molar-refractivity contribution >= 4 is 48.3 Å². The minimum atomic E-state index is -3.78. The number of hydrogen-bond acceptors (Lipinski definition) is 7. The lowest BCUT2D eigenvalue weighted by atomic mass is 10.1. The summed E-state index contributed by atoms with van der Waals surface area (Å²) in [4.78, 5) is 20.5. The second-order valence-corrected chi connectivity index (χ2v) is 12.3. The molecule has 0 saturated carbocycles. The predicted octanol–water partition coefficient (Wildman–Crippen LogP) is 5.91. The van der Waals surface area contributed by atoms with Crippen LogP contribution in [0.15, 0.2) is 95.9 Å². The number of ether oxygens (including phenoxy) is 2. The third-order valence-electron chi connectivity index (χ3n) is 7.09. The van der Waals surface area contributed by atoms with Crippen molar-refractivity contribution in [3.05, 3.63) is 108 Å². The molecule has 10 heteroatoms. The molecule has 1 aromatic heterocycles. The summed E-state index contributed by atoms with van der Waals surface area (Å²) in [5.41, 5.74) is 3.57. The number of methoxy groups -OCH3 is 2. The molecular formula is C31H27N3O5S2. The minimum Gasteiger partial charge on any atom is -0.495 e. The number of carbonyl (C=O) groups is 1. The van der Waals surface area contributed by atoms with E-state index >= 15 is 0 Å². The second-order valence-electron chi connectivity index (χ2n) is 9.50. The molecule has 8 nitrogen and oxygen atoms in total. The van der Waals surface area contributed by atoms with Crippen LogP contribution in [0.5, 0.6) is 11.5 Å². The molecule has 0 fully saturated rings. The van der Waals surface area contributed by atoms with Gasteiger partial charge in [-0.1, -0.05) is 59.9 Å². The van der Waals surface area contributed by atoms with Crippen LogP contribution in [-0.4, -0.2) is 40.1 Å². The summed E-state index contributed by atoms with van der Waals surface area (Å²) in [6.45, 7) is 0.659. The van der Waals surface area contributed by atoms with E-state index in [1.165, 1.54) is 27.8 Å². The van der Waals surface area contributed by atoms with Crippen molar-refractivity contribution in [1.29, 1.82) is 0 Å². The molecular weight excluding hydrogens is 558 g/mol. The van der Waals surface area contributed by atoms with Crippen LogP contribution in [0.4, 0.5) is 10.8 Å². The van der Waals surface area contributed by atoms with Gasteiger partial charge in [-0.25, -0.2) is 13.4 Å². The summed E-state index contributed by atoms with van der Waals surface area (Å²) in [5.74, 6) is 0.907. The van der Waals surface area contributed by atoms with Crippen LogP contribution in [-0.2, 0) is 23.0 Å². The smallest absolute Gasteiger partial charge is 0.264 e. The fraction of sp³-hybridized carbons (Fsp3) is 0.161. The van der Waals surface area contributed by atoms with Crippen molar-refractivity contribution in [2.75, 3.05) is 30.0 Å². The highest BCUT2D eigenvalue weighted by Crippen LogP contribution is 2.41. The molecule has 0 saturated heterocycles. The van der Waals surface area contributed by atoms with Gasteiger partial charge in [0.15, 0.2) is 5.13 Å². The number of aromatic nitrogens is 1. The van der Waals surface area contributed by atoms with E-state index in [1.54, 1.807) is 37.3 Å². The summed E-state index contributed by atoms with van der Waals surface area (Å²) in [6, 6.07) is 26.8. The lowest BCUT2D eigenvalue weighted by Crippen LogP contribution is -2.31. The molecule has 0 bridgehead atoms. The van der Waals surface area contributed by atoms with Gasteiger partial charge in [0.25, 0.3) is 15.9 Å². The lowest BCUT2D eigenvalue weighted by Gasteiger charge is -2.21. The van der Waals surface area contributed by atoms with E-state index < -0.39 is 10.0 Å². The van der Waals surface area contributed by atoms with Gasteiger partial charge in [-0.2, -0.15) is 0 Å². The zero-order valence-corrected chi connectivity index (χ0v) is 24.1. The number of rotatable bonds is 8. The van der Waals surface area contributed by atoms with Crippen molar-refractivity contribution in [1.82, 2.24) is 4.98 Å². The van der Waals surface area contributed by atoms with Crippen molar-refractivity contribution < 1.29 is 22.7 Å². The summed E-state index contributed by atoms with van der Waals surface area (Å²) >= 11 is 1.33. The molecule has 5 aromatic rings. The van der Waals surface area contributed by atoms with E-state index in [2.05, 4.69) is 0 Å². The monoisotopic (exact) mass is 585 g/mol. The lowest BCUT2D eigenvalue weighted by molar-refractivity contribution is 0.0985. The van der Waals surface area contributed by atoms with Gasteiger partial charge in [0.1, 0.15) is 21.7 Å². The van der Waals surface area contributed by atoms with Gasteiger partial charge in [-0.05, 0) is 60.0 Å². The van der Waals surface area contributed by atoms with Gasteiger partial charge in [-0.3, -0.25) is 14.0 Å². The highest BCUT2D eigenvalue weighted by molar-refractivity contribution is 7.92. The number of para-hydroxylation sites is 1. The molecule has 6 rings (SSSR count). The quantitative estimate of drug-likeness (QED) is 0.225. The molecule has 0 atom stereocenters. The first-order valence-electron chi connectivity index (χ1n) is 13.0. The fourth-order valence-electron chi connectivity index (χ4n) is 4.99. The van der Waals surface area contributed by atoms with E-state index in [1.807, 2.05) is 60.7 Å². The molecule has 41 heavy (non-hydrogen) atoms. The number of fused-ring (bicyclic) bond motifs is 2. The van der Waals surface area contributed by atoms with Crippen LogP contribution in [0.2, 0.25) is 0 Å². The largest absolute Gasteiger partial charge is 0.495 e. The molecule has 0 unspecified atom stereocenters. The number of benzene rings is 4. The first kappa shape index (κ1) is 26.8. The van der Waals surface area contributed by atoms with Crippen LogP contribution in [0.25, 0.3) is 10.2 Å². The average Bonchev–Trinajstić information content (AvgIpc) is 3.65. The highest BCUT2D eigenvalue weighted by atomic mass is 32.2. The third kappa shape index (κ3) is 4.89. The van der Waals surface area contributed by atoms with Crippen LogP contribution >= 0.6 is 11.3 Å². The van der Waals surface area contributed by atoms with Crippen LogP contribution in [0.3, 0.4) is 0 Å². The first-order valence-corrected chi connectivity index (χ1v) is 15.2. The predicted molar refractivity (Wildman–Crippen MR) is 161 cm³/mol. The molecule has 1 aliphatic heterocycles. The van der Waals surface area contributed by atoms with Gasteiger partial charge in [0.05, 0.1) is 31.3 Å². The zero-order valence-electron chi connectivity index (χ0n) is 22.5. The maximum Gasteiger partial charge on any atom is 0.264 e. The Hall–Kier alpha value is -4.41. The Kier molecular flexibility index (Phi) is 7.10. The van der Waals surface area contributed by atoms with Gasteiger partial charge < -0.3 is 9.47 Å². The van der Waals surface area contributed by atoms with E-state index in [0.717, 1.165) is 15.8 Å². The summed E-state index contributed by atoms with van der Waals surface area (Å²) in [5, 5.41) is 0.474. The van der Waals surface area contributed by atoms with E-state index in [4.69, 9.17) is 14.5 Å². The SMILES string of the molecule is COc1ccc(OC)c2sc(N(Cc3ccccc3)C(=O)c3ccc(S(=O)(=O)N4CCc5ccccc54)cc3)nc12. The van der Waals surface area contributed by atoms with E-state index in [9.17, 15) is 13.2 Å². The Balaban J connectivity index is 1.36. The molecule has 208 valence electrons. The Bertz CT molecular complexity index is 1800. The van der Waals surface area contributed by atoms with Gasteiger partial charge in [0.2, 0.25) is 0 Å². The Morgan fingerprint density at radius 2 is 1.59 bits per heavy atom. The molecule has 0 spiro atoms. The van der Waals surface area contributed by atoms with E-state index in [0.29, 0.717) is 46.4 Å². The molecule has 1 aliphatic rings. The first-order chi connectivity index (χ1) is 19.9. The minimum absolute atomic E-state index is 0.134. The Morgan fingerprint density at radius 1 is 0.902 bits per heavy atom. The maximum atomic E-state index is 14.0. The maximum absolute atomic E-state index is 14.0. The van der Waals surface area contributed by atoms with Gasteiger partial charge in [-0.15, -0.1) is 0 Å². The van der Waals surface area contributed by atoms with Crippen LogP contribution in [0.1, 0.15) is 21.5 Å². The number of anilines is 2. The number of nitrogens with zero attached hydrogens (tertiary/aromatic N) is 3. The number of amides is 1. The van der Waals surface area contributed by atoms with Crippen molar-refractivity contribution in [2.24, 2.45) is 0 Å². The van der Waals surface area contributed by atoms with Crippen LogP contribution < -0.4 is 18.7 Å². The standard InChI is InChI=1S/C31H27N3O5S2/c1-38-26-16-17-27(39-2)29-28(26)32-31(40-29)33(20-21-8-4-3-5-9-21)30(35)23-12-14-24(15-13-23)41(36,37)34-19-18-22-10-6-7-11-25(22)34/h3-17H,18-20H2,1-2H3. The fourth-order valence-corrected chi connectivity index (χ4v) is 7.57. The number of carbonyl (C=O) groups excluding carboxylic acids is 1. The van der Waals surface area contributed by atoms with E-state index in [-0.39, 0.29) is 17.3 Å². The second kappa shape index (κ2) is 10.9. The molecule has 0 N–H and O–H groups in total. The van der Waals surface area contributed by atoms with Gasteiger partial charge in [0, 0.05) is 12.1 Å². The number of thiazole rings is 1. The Labute approximate surface area is 242 Å². The summed E-state index contributed by atoms with van der Waals surface area (Å²) in [6.07, 6.45) is 0.665. The topological polar surface area (TPSA) is 89.0 Å². The molecule has 1 amide bonds. The van der Waals surface area contributed by atoms with Crippen LogP contribution in [0, 0.1) is 0 Å². The van der Waals surface area contributed by atoms with Crippen molar-refractivity contribution in [3.8, 4) is 11.5 Å².